The number of thiocarbonyl (C=S) groups is 1. The van der Waals surface area contributed by atoms with Gasteiger partial charge in [0.25, 0.3) is 0 Å². The van der Waals surface area contributed by atoms with Gasteiger partial charge < -0.3 is 29.5 Å². The van der Waals surface area contributed by atoms with Crippen molar-refractivity contribution in [1.82, 2.24) is 10.2 Å². The average molecular weight is 354 g/mol. The summed E-state index contributed by atoms with van der Waals surface area (Å²) in [5, 5.41) is 14.7. The van der Waals surface area contributed by atoms with Crippen molar-refractivity contribution in [3.63, 3.8) is 0 Å². The van der Waals surface area contributed by atoms with Crippen LogP contribution < -0.4 is 19.5 Å². The van der Waals surface area contributed by atoms with E-state index in [2.05, 4.69) is 5.32 Å². The van der Waals surface area contributed by atoms with E-state index >= 15 is 0 Å². The molecule has 1 aliphatic rings. The van der Waals surface area contributed by atoms with Crippen molar-refractivity contribution >= 4 is 17.3 Å². The summed E-state index contributed by atoms with van der Waals surface area (Å²) in [6, 6.07) is 3.72. The highest BCUT2D eigenvalue weighted by atomic mass is 32.1. The molecule has 0 aromatic heterocycles. The maximum Gasteiger partial charge on any atom is 0.203 e. The van der Waals surface area contributed by atoms with Crippen LogP contribution in [0.1, 0.15) is 32.8 Å². The van der Waals surface area contributed by atoms with Crippen LogP contribution in [0.25, 0.3) is 0 Å². The van der Waals surface area contributed by atoms with Gasteiger partial charge in [-0.25, -0.2) is 0 Å². The Hall–Kier alpha value is -1.73. The molecule has 1 aromatic carbocycles. The summed E-state index contributed by atoms with van der Waals surface area (Å²) in [6.45, 7) is 6.24. The van der Waals surface area contributed by atoms with Gasteiger partial charge in [-0.2, -0.15) is 0 Å². The van der Waals surface area contributed by atoms with Crippen molar-refractivity contribution in [3.8, 4) is 17.2 Å². The van der Waals surface area contributed by atoms with Gasteiger partial charge in [0.05, 0.1) is 21.3 Å². The number of hydrogen-bond donors (Lipinski definition) is 2. The maximum atomic E-state index is 10.9. The molecule has 1 fully saturated rings. The zero-order valence-corrected chi connectivity index (χ0v) is 15.9. The number of nitrogens with zero attached hydrogens (tertiary/aromatic N) is 1. The number of methoxy groups -OCH3 is 3. The first-order valence-corrected chi connectivity index (χ1v) is 8.15. The molecule has 1 atom stereocenters. The molecule has 7 heteroatoms. The second-order valence-electron chi connectivity index (χ2n) is 6.83. The highest BCUT2D eigenvalue weighted by molar-refractivity contribution is 7.80. The lowest BCUT2D eigenvalue weighted by molar-refractivity contribution is -0.0921. The minimum absolute atomic E-state index is 0.258. The fourth-order valence-corrected chi connectivity index (χ4v) is 3.74. The van der Waals surface area contributed by atoms with Crippen LogP contribution in [0.5, 0.6) is 17.2 Å². The summed E-state index contributed by atoms with van der Waals surface area (Å²) in [4.78, 5) is 1.77. The minimum atomic E-state index is -1.05. The molecule has 2 N–H and O–H groups in total. The molecule has 134 valence electrons. The molecule has 0 amide bonds. The Balaban J connectivity index is 2.35. The molecule has 1 heterocycles. The van der Waals surface area contributed by atoms with Gasteiger partial charge in [-0.1, -0.05) is 0 Å². The van der Waals surface area contributed by atoms with Crippen molar-refractivity contribution in [2.45, 2.75) is 45.0 Å². The van der Waals surface area contributed by atoms with Gasteiger partial charge in [0.2, 0.25) is 5.75 Å². The van der Waals surface area contributed by atoms with Crippen LogP contribution in [-0.2, 0) is 6.54 Å². The predicted molar refractivity (Wildman–Crippen MR) is 96.7 cm³/mol. The third-order valence-electron chi connectivity index (χ3n) is 4.11. The molecule has 24 heavy (non-hydrogen) atoms. The van der Waals surface area contributed by atoms with Crippen LogP contribution in [0.2, 0.25) is 0 Å². The third-order valence-corrected chi connectivity index (χ3v) is 4.44. The molecule has 1 aliphatic heterocycles. The Morgan fingerprint density at radius 3 is 2.08 bits per heavy atom. The van der Waals surface area contributed by atoms with Crippen LogP contribution in [0, 0.1) is 0 Å². The first kappa shape index (κ1) is 18.6. The molecular formula is C17H26N2O4S. The Bertz CT molecular complexity index is 606. The van der Waals surface area contributed by atoms with Crippen LogP contribution in [-0.4, -0.2) is 47.7 Å². The SMILES string of the molecule is COc1cc(CN2C(=S)NC(C)(C)CC2(C)O)cc(OC)c1OC. The monoisotopic (exact) mass is 354 g/mol. The lowest BCUT2D eigenvalue weighted by Gasteiger charge is -2.49. The largest absolute Gasteiger partial charge is 0.493 e. The van der Waals surface area contributed by atoms with Gasteiger partial charge in [0, 0.05) is 18.5 Å². The van der Waals surface area contributed by atoms with Gasteiger partial charge in [0.15, 0.2) is 16.6 Å². The molecule has 1 unspecified atom stereocenters. The third kappa shape index (κ3) is 3.67. The quantitative estimate of drug-likeness (QED) is 0.787. The van der Waals surface area contributed by atoms with E-state index in [1.807, 2.05) is 26.0 Å². The molecule has 1 aromatic rings. The predicted octanol–water partition coefficient (Wildman–Crippen LogP) is 2.28. The second-order valence-corrected chi connectivity index (χ2v) is 7.21. The summed E-state index contributed by atoms with van der Waals surface area (Å²) in [5.74, 6) is 1.68. The summed E-state index contributed by atoms with van der Waals surface area (Å²) in [5.41, 5.74) is -0.410. The Morgan fingerprint density at radius 1 is 1.12 bits per heavy atom. The number of benzene rings is 1. The van der Waals surface area contributed by atoms with E-state index in [1.54, 1.807) is 33.2 Å². The van der Waals surface area contributed by atoms with Gasteiger partial charge in [0.1, 0.15) is 5.72 Å². The van der Waals surface area contributed by atoms with Gasteiger partial charge >= 0.3 is 0 Å². The Labute approximate surface area is 148 Å². The van der Waals surface area contributed by atoms with Crippen molar-refractivity contribution in [2.75, 3.05) is 21.3 Å². The summed E-state index contributed by atoms with van der Waals surface area (Å²) >= 11 is 5.46. The van der Waals surface area contributed by atoms with Crippen molar-refractivity contribution in [1.29, 1.82) is 0 Å². The van der Waals surface area contributed by atoms with Crippen molar-refractivity contribution < 1.29 is 19.3 Å². The standard InChI is InChI=1S/C17H26N2O4S/c1-16(2)10-17(3,20)19(15(24)18-16)9-11-7-12(21-4)14(23-6)13(8-11)22-5/h7-8,20H,9-10H2,1-6H3,(H,18,24). The fraction of sp³-hybridized carbons (Fsp3) is 0.588. The van der Waals surface area contributed by atoms with Gasteiger partial charge in [-0.15, -0.1) is 0 Å². The first-order chi connectivity index (χ1) is 11.1. The summed E-state index contributed by atoms with van der Waals surface area (Å²) in [6.07, 6.45) is 0.546. The lowest BCUT2D eigenvalue weighted by atomic mass is 9.90. The molecule has 0 saturated carbocycles. The van der Waals surface area contributed by atoms with E-state index in [0.29, 0.717) is 35.3 Å². The van der Waals surface area contributed by atoms with E-state index in [-0.39, 0.29) is 5.54 Å². The molecule has 0 bridgehead atoms. The van der Waals surface area contributed by atoms with E-state index in [9.17, 15) is 5.11 Å². The van der Waals surface area contributed by atoms with E-state index in [0.717, 1.165) is 5.56 Å². The summed E-state index contributed by atoms with van der Waals surface area (Å²) in [7, 11) is 4.72. The van der Waals surface area contributed by atoms with E-state index in [1.165, 1.54) is 0 Å². The number of hydrogen-bond acceptors (Lipinski definition) is 5. The molecule has 0 aliphatic carbocycles. The lowest BCUT2D eigenvalue weighted by Crippen LogP contribution is -2.65. The molecule has 2 rings (SSSR count). The minimum Gasteiger partial charge on any atom is -0.493 e. The van der Waals surface area contributed by atoms with Crippen LogP contribution in [0.3, 0.4) is 0 Å². The zero-order valence-electron chi connectivity index (χ0n) is 15.1. The topological polar surface area (TPSA) is 63.2 Å². The highest BCUT2D eigenvalue weighted by Gasteiger charge is 2.42. The average Bonchev–Trinajstić information content (AvgIpc) is 2.48. The zero-order chi connectivity index (χ0) is 18.1. The number of rotatable bonds is 5. The van der Waals surface area contributed by atoms with Gasteiger partial charge in [-0.05, 0) is 50.7 Å². The maximum absolute atomic E-state index is 10.9. The number of nitrogens with one attached hydrogen (secondary N) is 1. The Kier molecular flexibility index (Phi) is 5.15. The normalized spacial score (nSPS) is 22.8. The van der Waals surface area contributed by atoms with E-state index in [4.69, 9.17) is 26.4 Å². The molecular weight excluding hydrogens is 328 g/mol. The summed E-state index contributed by atoms with van der Waals surface area (Å²) < 4.78 is 16.1. The number of aliphatic hydroxyl groups is 1. The first-order valence-electron chi connectivity index (χ1n) is 7.74. The second kappa shape index (κ2) is 6.64. The van der Waals surface area contributed by atoms with Gasteiger partial charge in [-0.3, -0.25) is 0 Å². The molecule has 0 spiro atoms. The fourth-order valence-electron chi connectivity index (χ4n) is 3.20. The molecule has 1 saturated heterocycles. The van der Waals surface area contributed by atoms with E-state index < -0.39 is 5.72 Å². The highest BCUT2D eigenvalue weighted by Crippen LogP contribution is 2.39. The van der Waals surface area contributed by atoms with Crippen molar-refractivity contribution in [3.05, 3.63) is 17.7 Å². The van der Waals surface area contributed by atoms with Crippen LogP contribution in [0.4, 0.5) is 0 Å². The van der Waals surface area contributed by atoms with Crippen molar-refractivity contribution in [2.24, 2.45) is 0 Å². The smallest absolute Gasteiger partial charge is 0.203 e. The molecule has 0 radical (unpaired) electrons. The molecule has 6 nitrogen and oxygen atoms in total. The Morgan fingerprint density at radius 2 is 1.67 bits per heavy atom. The van der Waals surface area contributed by atoms with Crippen LogP contribution in [0.15, 0.2) is 12.1 Å². The number of ether oxygens (including phenoxy) is 3. The van der Waals surface area contributed by atoms with Crippen LogP contribution >= 0.6 is 12.2 Å².